The predicted octanol–water partition coefficient (Wildman–Crippen LogP) is 2.32. The maximum absolute atomic E-state index is 13.3. The first kappa shape index (κ1) is 11.1. The highest BCUT2D eigenvalue weighted by Crippen LogP contribution is 2.24. The van der Waals surface area contributed by atoms with Gasteiger partial charge in [-0.2, -0.15) is 0 Å². The summed E-state index contributed by atoms with van der Waals surface area (Å²) in [6, 6.07) is 2.00. The molecule has 1 unspecified atom stereocenters. The van der Waals surface area contributed by atoms with E-state index in [2.05, 4.69) is 0 Å². The van der Waals surface area contributed by atoms with Crippen molar-refractivity contribution in [2.24, 2.45) is 5.73 Å². The Labute approximate surface area is 86.9 Å². The van der Waals surface area contributed by atoms with Crippen LogP contribution in [-0.2, 0) is 0 Å². The van der Waals surface area contributed by atoms with E-state index in [0.717, 1.165) is 0 Å². The summed E-state index contributed by atoms with van der Waals surface area (Å²) < 4.78 is 13.3. The number of benzene rings is 1. The molecule has 0 aliphatic heterocycles. The third kappa shape index (κ3) is 1.94. The third-order valence-corrected chi connectivity index (χ3v) is 2.43. The minimum absolute atomic E-state index is 0.110. The van der Waals surface area contributed by atoms with E-state index in [4.69, 9.17) is 17.3 Å². The molecule has 1 atom stereocenters. The lowest BCUT2D eigenvalue weighted by Crippen LogP contribution is -2.27. The molecule has 1 rings (SSSR count). The molecule has 2 nitrogen and oxygen atoms in total. The van der Waals surface area contributed by atoms with E-state index in [0.29, 0.717) is 5.56 Å². The predicted molar refractivity (Wildman–Crippen MR) is 54.1 cm³/mol. The Morgan fingerprint density at radius 3 is 2.64 bits per heavy atom. The second kappa shape index (κ2) is 4.07. The topological polar surface area (TPSA) is 43.1 Å². The standard InChI is InChI=1S/C10H11ClFNO/c1-5-3-4-7(12)8(9(5)11)10(14)6(2)13/h3-4,6H,13H2,1-2H3. The number of halogens is 2. The molecule has 0 saturated heterocycles. The quantitative estimate of drug-likeness (QED) is 0.770. The van der Waals surface area contributed by atoms with Crippen LogP contribution in [0.4, 0.5) is 4.39 Å². The fourth-order valence-electron chi connectivity index (χ4n) is 1.11. The fraction of sp³-hybridized carbons (Fsp3) is 0.300. The van der Waals surface area contributed by atoms with Gasteiger partial charge in [-0.1, -0.05) is 17.7 Å². The van der Waals surface area contributed by atoms with Gasteiger partial charge >= 0.3 is 0 Å². The Hall–Kier alpha value is -0.930. The van der Waals surface area contributed by atoms with Crippen molar-refractivity contribution in [3.63, 3.8) is 0 Å². The van der Waals surface area contributed by atoms with Gasteiger partial charge in [0.25, 0.3) is 0 Å². The summed E-state index contributed by atoms with van der Waals surface area (Å²) >= 11 is 5.82. The summed E-state index contributed by atoms with van der Waals surface area (Å²) in [5, 5.41) is 0.146. The monoisotopic (exact) mass is 215 g/mol. The van der Waals surface area contributed by atoms with Gasteiger partial charge in [0.1, 0.15) is 5.82 Å². The molecule has 0 aromatic heterocycles. The number of carbonyl (C=O) groups is 1. The van der Waals surface area contributed by atoms with Gasteiger partial charge in [-0.25, -0.2) is 4.39 Å². The van der Waals surface area contributed by atoms with Gasteiger partial charge in [0.2, 0.25) is 0 Å². The molecule has 0 saturated carbocycles. The van der Waals surface area contributed by atoms with Crippen molar-refractivity contribution in [2.45, 2.75) is 19.9 Å². The summed E-state index contributed by atoms with van der Waals surface area (Å²) in [6.07, 6.45) is 0. The smallest absolute Gasteiger partial charge is 0.183 e. The highest BCUT2D eigenvalue weighted by molar-refractivity contribution is 6.35. The Kier molecular flexibility index (Phi) is 3.24. The van der Waals surface area contributed by atoms with E-state index in [1.54, 1.807) is 6.92 Å². The van der Waals surface area contributed by atoms with Crippen LogP contribution in [0.3, 0.4) is 0 Å². The summed E-state index contributed by atoms with van der Waals surface area (Å²) in [7, 11) is 0. The lowest BCUT2D eigenvalue weighted by atomic mass is 10.0. The molecule has 0 bridgehead atoms. The van der Waals surface area contributed by atoms with Gasteiger partial charge in [0.05, 0.1) is 16.6 Å². The average Bonchev–Trinajstić information content (AvgIpc) is 2.12. The minimum atomic E-state index is -0.746. The molecule has 0 radical (unpaired) electrons. The van der Waals surface area contributed by atoms with Gasteiger partial charge in [-0.15, -0.1) is 0 Å². The molecular weight excluding hydrogens is 205 g/mol. The first-order chi connectivity index (χ1) is 6.45. The third-order valence-electron chi connectivity index (χ3n) is 1.94. The summed E-state index contributed by atoms with van der Waals surface area (Å²) in [6.45, 7) is 3.21. The number of aryl methyl sites for hydroxylation is 1. The first-order valence-corrected chi connectivity index (χ1v) is 4.57. The minimum Gasteiger partial charge on any atom is -0.321 e. The summed E-state index contributed by atoms with van der Waals surface area (Å²) in [5.41, 5.74) is 5.94. The summed E-state index contributed by atoms with van der Waals surface area (Å²) in [4.78, 5) is 11.5. The van der Waals surface area contributed by atoms with E-state index in [1.165, 1.54) is 19.1 Å². The number of Topliss-reactive ketones (excluding diaryl/α,β-unsaturated/α-hetero) is 1. The molecule has 1 aromatic carbocycles. The molecule has 0 aliphatic rings. The number of ketones is 1. The molecular formula is C10H11ClFNO. The highest BCUT2D eigenvalue weighted by atomic mass is 35.5. The maximum atomic E-state index is 13.3. The SMILES string of the molecule is Cc1ccc(F)c(C(=O)C(C)N)c1Cl. The normalized spacial score (nSPS) is 12.6. The molecule has 4 heteroatoms. The van der Waals surface area contributed by atoms with Gasteiger partial charge < -0.3 is 5.73 Å². The number of hydrogen-bond acceptors (Lipinski definition) is 2. The van der Waals surface area contributed by atoms with Crippen LogP contribution >= 0.6 is 11.6 Å². The van der Waals surface area contributed by atoms with E-state index in [-0.39, 0.29) is 10.6 Å². The second-order valence-electron chi connectivity index (χ2n) is 3.21. The number of carbonyl (C=O) groups excluding carboxylic acids is 1. The largest absolute Gasteiger partial charge is 0.321 e. The number of nitrogens with two attached hydrogens (primary N) is 1. The Morgan fingerprint density at radius 1 is 1.57 bits per heavy atom. The van der Waals surface area contributed by atoms with Crippen molar-refractivity contribution in [2.75, 3.05) is 0 Å². The molecule has 0 fully saturated rings. The van der Waals surface area contributed by atoms with Crippen molar-refractivity contribution >= 4 is 17.4 Å². The molecule has 14 heavy (non-hydrogen) atoms. The van der Waals surface area contributed by atoms with Crippen LogP contribution in [0.2, 0.25) is 5.02 Å². The van der Waals surface area contributed by atoms with E-state index in [9.17, 15) is 9.18 Å². The number of rotatable bonds is 2. The Bertz CT molecular complexity index is 377. The van der Waals surface area contributed by atoms with Crippen molar-refractivity contribution in [1.82, 2.24) is 0 Å². The van der Waals surface area contributed by atoms with Crippen molar-refractivity contribution < 1.29 is 9.18 Å². The molecule has 0 aliphatic carbocycles. The van der Waals surface area contributed by atoms with Gasteiger partial charge in [0, 0.05) is 0 Å². The van der Waals surface area contributed by atoms with E-state index < -0.39 is 17.6 Å². The zero-order valence-electron chi connectivity index (χ0n) is 7.97. The lowest BCUT2D eigenvalue weighted by Gasteiger charge is -2.09. The number of hydrogen-bond donors (Lipinski definition) is 1. The van der Waals surface area contributed by atoms with Crippen LogP contribution in [0.5, 0.6) is 0 Å². The van der Waals surface area contributed by atoms with Crippen LogP contribution in [0, 0.1) is 12.7 Å². The average molecular weight is 216 g/mol. The van der Waals surface area contributed by atoms with E-state index in [1.807, 2.05) is 0 Å². The zero-order chi connectivity index (χ0) is 10.9. The van der Waals surface area contributed by atoms with Gasteiger partial charge in [0.15, 0.2) is 5.78 Å². The van der Waals surface area contributed by atoms with Crippen LogP contribution in [0.1, 0.15) is 22.8 Å². The van der Waals surface area contributed by atoms with Crippen molar-refractivity contribution in [3.05, 3.63) is 34.1 Å². The lowest BCUT2D eigenvalue weighted by molar-refractivity contribution is 0.0964. The van der Waals surface area contributed by atoms with Crippen molar-refractivity contribution in [3.8, 4) is 0 Å². The second-order valence-corrected chi connectivity index (χ2v) is 3.58. The van der Waals surface area contributed by atoms with Crippen LogP contribution in [0.25, 0.3) is 0 Å². The molecule has 0 amide bonds. The van der Waals surface area contributed by atoms with Gasteiger partial charge in [-0.05, 0) is 25.5 Å². The van der Waals surface area contributed by atoms with Crippen LogP contribution < -0.4 is 5.73 Å². The Balaban J connectivity index is 3.33. The maximum Gasteiger partial charge on any atom is 0.183 e. The fourth-order valence-corrected chi connectivity index (χ4v) is 1.36. The molecule has 76 valence electrons. The van der Waals surface area contributed by atoms with Crippen molar-refractivity contribution in [1.29, 1.82) is 0 Å². The molecule has 0 heterocycles. The first-order valence-electron chi connectivity index (χ1n) is 4.19. The highest BCUT2D eigenvalue weighted by Gasteiger charge is 2.20. The summed E-state index contributed by atoms with van der Waals surface area (Å²) in [5.74, 6) is -1.10. The molecule has 2 N–H and O–H groups in total. The zero-order valence-corrected chi connectivity index (χ0v) is 8.73. The van der Waals surface area contributed by atoms with Crippen LogP contribution in [-0.4, -0.2) is 11.8 Å². The molecule has 0 spiro atoms. The molecule has 1 aromatic rings. The Morgan fingerprint density at radius 2 is 2.14 bits per heavy atom. The van der Waals surface area contributed by atoms with Crippen LogP contribution in [0.15, 0.2) is 12.1 Å². The van der Waals surface area contributed by atoms with E-state index >= 15 is 0 Å². The van der Waals surface area contributed by atoms with Gasteiger partial charge in [-0.3, -0.25) is 4.79 Å².